The van der Waals surface area contributed by atoms with Gasteiger partial charge < -0.3 is 15.8 Å². The van der Waals surface area contributed by atoms with Crippen molar-refractivity contribution in [2.45, 2.75) is 58.7 Å². The zero-order valence-corrected chi connectivity index (χ0v) is 10.7. The first kappa shape index (κ1) is 14.9. The van der Waals surface area contributed by atoms with E-state index >= 15 is 0 Å². The summed E-state index contributed by atoms with van der Waals surface area (Å²) in [5, 5.41) is 2.96. The molecule has 0 saturated carbocycles. The summed E-state index contributed by atoms with van der Waals surface area (Å²) < 4.78 is 5.19. The summed E-state index contributed by atoms with van der Waals surface area (Å²) >= 11 is 0. The molecule has 0 spiro atoms. The minimum Gasteiger partial charge on any atom is -0.459 e. The lowest BCUT2D eigenvalue weighted by Crippen LogP contribution is -2.44. The van der Waals surface area contributed by atoms with E-state index in [1.54, 1.807) is 13.8 Å². The highest BCUT2D eigenvalue weighted by Crippen LogP contribution is 2.08. The van der Waals surface area contributed by atoms with Crippen LogP contribution >= 0.6 is 0 Å². The number of carbonyl (C=O) groups is 2. The number of ether oxygens (including phenoxy) is 1. The average Bonchev–Trinajstić information content (AvgIpc) is 1.98. The Kier molecular flexibility index (Phi) is 5.44. The fraction of sp³-hybridized carbons (Fsp3) is 0.818. The topological polar surface area (TPSA) is 81.4 Å². The van der Waals surface area contributed by atoms with Crippen molar-refractivity contribution >= 4 is 11.9 Å². The standard InChI is InChI=1S/C11H22N2O3/c1-7(6-9(12)14)13-8(2)10(15)16-11(3,4)5/h7-8,13H,6H2,1-5H3,(H2,12,14)/t7?,8-/m0/s1. The summed E-state index contributed by atoms with van der Waals surface area (Å²) in [5.41, 5.74) is 4.55. The molecule has 0 radical (unpaired) electrons. The third-order valence-electron chi connectivity index (χ3n) is 1.80. The minimum absolute atomic E-state index is 0.139. The van der Waals surface area contributed by atoms with Crippen LogP contribution in [0.1, 0.15) is 41.0 Å². The SMILES string of the molecule is CC(CC(N)=O)N[C@@H](C)C(=O)OC(C)(C)C. The van der Waals surface area contributed by atoms with Gasteiger partial charge in [-0.25, -0.2) is 0 Å². The Bertz CT molecular complexity index is 258. The number of primary amides is 1. The molecule has 0 aromatic carbocycles. The second-order valence-electron chi connectivity index (χ2n) is 4.99. The Labute approximate surface area is 96.7 Å². The van der Waals surface area contributed by atoms with Crippen molar-refractivity contribution in [1.82, 2.24) is 5.32 Å². The molecule has 0 bridgehead atoms. The third kappa shape index (κ3) is 7.23. The fourth-order valence-corrected chi connectivity index (χ4v) is 1.25. The van der Waals surface area contributed by atoms with E-state index in [2.05, 4.69) is 5.32 Å². The molecule has 5 nitrogen and oxygen atoms in total. The maximum Gasteiger partial charge on any atom is 0.323 e. The molecule has 0 saturated heterocycles. The highest BCUT2D eigenvalue weighted by atomic mass is 16.6. The van der Waals surface area contributed by atoms with E-state index in [0.717, 1.165) is 0 Å². The molecule has 1 amide bonds. The second kappa shape index (κ2) is 5.84. The molecule has 0 aliphatic rings. The Balaban J connectivity index is 4.10. The van der Waals surface area contributed by atoms with E-state index in [1.807, 2.05) is 20.8 Å². The summed E-state index contributed by atoms with van der Waals surface area (Å²) in [6, 6.07) is -0.589. The Morgan fingerprint density at radius 3 is 2.19 bits per heavy atom. The van der Waals surface area contributed by atoms with Gasteiger partial charge in [-0.3, -0.25) is 9.59 Å². The lowest BCUT2D eigenvalue weighted by molar-refractivity contribution is -0.157. The van der Waals surface area contributed by atoms with Crippen LogP contribution in [0.3, 0.4) is 0 Å². The lowest BCUT2D eigenvalue weighted by Gasteiger charge is -2.24. The Hall–Kier alpha value is -1.10. The second-order valence-corrected chi connectivity index (χ2v) is 4.99. The average molecular weight is 230 g/mol. The van der Waals surface area contributed by atoms with Crippen molar-refractivity contribution < 1.29 is 14.3 Å². The van der Waals surface area contributed by atoms with Crippen molar-refractivity contribution in [3.8, 4) is 0 Å². The van der Waals surface area contributed by atoms with Gasteiger partial charge in [0.25, 0.3) is 0 Å². The van der Waals surface area contributed by atoms with Crippen LogP contribution in [-0.4, -0.2) is 29.6 Å². The number of nitrogens with one attached hydrogen (secondary N) is 1. The van der Waals surface area contributed by atoms with Gasteiger partial charge in [0.1, 0.15) is 11.6 Å². The molecular weight excluding hydrogens is 208 g/mol. The molecule has 0 aromatic heterocycles. The van der Waals surface area contributed by atoms with E-state index in [9.17, 15) is 9.59 Å². The molecule has 94 valence electrons. The quantitative estimate of drug-likeness (QED) is 0.676. The number of carbonyl (C=O) groups excluding carboxylic acids is 2. The monoisotopic (exact) mass is 230 g/mol. The number of hydrogen-bond acceptors (Lipinski definition) is 4. The van der Waals surface area contributed by atoms with Crippen LogP contribution in [0, 0.1) is 0 Å². The first-order valence-electron chi connectivity index (χ1n) is 5.39. The van der Waals surface area contributed by atoms with Gasteiger partial charge in [-0.1, -0.05) is 0 Å². The summed E-state index contributed by atoms with van der Waals surface area (Å²) in [4.78, 5) is 22.2. The molecule has 0 fully saturated rings. The van der Waals surface area contributed by atoms with Crippen molar-refractivity contribution in [3.05, 3.63) is 0 Å². The highest BCUT2D eigenvalue weighted by molar-refractivity contribution is 5.76. The molecule has 0 rings (SSSR count). The van der Waals surface area contributed by atoms with Crippen LogP contribution in [0.2, 0.25) is 0 Å². The molecular formula is C11H22N2O3. The van der Waals surface area contributed by atoms with E-state index in [4.69, 9.17) is 10.5 Å². The largest absolute Gasteiger partial charge is 0.459 e. The molecule has 1 unspecified atom stereocenters. The Morgan fingerprint density at radius 2 is 1.81 bits per heavy atom. The van der Waals surface area contributed by atoms with Gasteiger partial charge in [0.2, 0.25) is 5.91 Å². The van der Waals surface area contributed by atoms with Gasteiger partial charge in [0.05, 0.1) is 0 Å². The first-order valence-corrected chi connectivity index (χ1v) is 5.39. The number of amides is 1. The maximum atomic E-state index is 11.6. The number of nitrogens with two attached hydrogens (primary N) is 1. The van der Waals surface area contributed by atoms with Crippen molar-refractivity contribution in [3.63, 3.8) is 0 Å². The normalized spacial score (nSPS) is 15.3. The molecule has 0 aromatic rings. The molecule has 2 atom stereocenters. The van der Waals surface area contributed by atoms with E-state index in [1.165, 1.54) is 0 Å². The lowest BCUT2D eigenvalue weighted by atomic mass is 10.1. The van der Waals surface area contributed by atoms with Crippen molar-refractivity contribution in [2.24, 2.45) is 5.73 Å². The van der Waals surface area contributed by atoms with Crippen LogP contribution in [0.25, 0.3) is 0 Å². The van der Waals surface area contributed by atoms with Gasteiger partial charge in [-0.2, -0.15) is 0 Å². The summed E-state index contributed by atoms with van der Waals surface area (Å²) in [5.74, 6) is -0.722. The predicted octanol–water partition coefficient (Wildman–Crippen LogP) is 0.570. The van der Waals surface area contributed by atoms with Crippen LogP contribution in [0.5, 0.6) is 0 Å². The van der Waals surface area contributed by atoms with Gasteiger partial charge in [0.15, 0.2) is 0 Å². The molecule has 0 aliphatic carbocycles. The van der Waals surface area contributed by atoms with Crippen molar-refractivity contribution in [1.29, 1.82) is 0 Å². The van der Waals surface area contributed by atoms with Crippen LogP contribution in [0.4, 0.5) is 0 Å². The smallest absolute Gasteiger partial charge is 0.323 e. The number of esters is 1. The van der Waals surface area contributed by atoms with Gasteiger partial charge in [-0.05, 0) is 34.6 Å². The molecule has 16 heavy (non-hydrogen) atoms. The molecule has 0 aliphatic heterocycles. The fourth-order valence-electron chi connectivity index (χ4n) is 1.25. The summed E-state index contributed by atoms with van der Waals surface area (Å²) in [7, 11) is 0. The zero-order valence-electron chi connectivity index (χ0n) is 10.7. The van der Waals surface area contributed by atoms with E-state index in [-0.39, 0.29) is 18.4 Å². The highest BCUT2D eigenvalue weighted by Gasteiger charge is 2.22. The molecule has 0 heterocycles. The van der Waals surface area contributed by atoms with E-state index < -0.39 is 17.6 Å². The predicted molar refractivity (Wildman–Crippen MR) is 61.7 cm³/mol. The minimum atomic E-state index is -0.500. The number of hydrogen-bond donors (Lipinski definition) is 2. The summed E-state index contributed by atoms with van der Waals surface area (Å²) in [6.45, 7) is 8.93. The van der Waals surface area contributed by atoms with Crippen LogP contribution in [-0.2, 0) is 14.3 Å². The molecule has 3 N–H and O–H groups in total. The third-order valence-corrected chi connectivity index (χ3v) is 1.80. The Morgan fingerprint density at radius 1 is 1.31 bits per heavy atom. The van der Waals surface area contributed by atoms with Gasteiger partial charge in [0, 0.05) is 12.5 Å². The zero-order chi connectivity index (χ0) is 12.9. The van der Waals surface area contributed by atoms with Crippen LogP contribution in [0.15, 0.2) is 0 Å². The van der Waals surface area contributed by atoms with Gasteiger partial charge >= 0.3 is 5.97 Å². The van der Waals surface area contributed by atoms with Gasteiger partial charge in [-0.15, -0.1) is 0 Å². The molecule has 5 heteroatoms. The first-order chi connectivity index (χ1) is 7.11. The van der Waals surface area contributed by atoms with Crippen LogP contribution < -0.4 is 11.1 Å². The number of rotatable bonds is 5. The van der Waals surface area contributed by atoms with Crippen molar-refractivity contribution in [2.75, 3.05) is 0 Å². The van der Waals surface area contributed by atoms with E-state index in [0.29, 0.717) is 0 Å². The summed E-state index contributed by atoms with van der Waals surface area (Å²) in [6.07, 6.45) is 0.202. The maximum absolute atomic E-state index is 11.6.